The Bertz CT molecular complexity index is 699. The van der Waals surface area contributed by atoms with Gasteiger partial charge in [0, 0.05) is 17.5 Å². The van der Waals surface area contributed by atoms with Crippen molar-refractivity contribution in [1.29, 1.82) is 0 Å². The molecule has 0 unspecified atom stereocenters. The molecule has 0 saturated heterocycles. The fraction of sp³-hybridized carbons (Fsp3) is 0.250. The zero-order chi connectivity index (χ0) is 14.7. The summed E-state index contributed by atoms with van der Waals surface area (Å²) >= 11 is 1.66. The van der Waals surface area contributed by atoms with Crippen LogP contribution in [0.3, 0.4) is 0 Å². The van der Waals surface area contributed by atoms with Crippen molar-refractivity contribution in [2.24, 2.45) is 0 Å². The van der Waals surface area contributed by atoms with Crippen molar-refractivity contribution < 1.29 is 4.42 Å². The van der Waals surface area contributed by atoms with Crippen molar-refractivity contribution >= 4 is 11.3 Å². The van der Waals surface area contributed by atoms with Gasteiger partial charge in [-0.05, 0) is 13.8 Å². The normalized spacial score (nSPS) is 11.0. The lowest BCUT2D eigenvalue weighted by molar-refractivity contribution is 0.448. The molecule has 3 rings (SSSR count). The second-order valence-corrected chi connectivity index (χ2v) is 5.79. The molecule has 0 radical (unpaired) electrons. The molecule has 0 aliphatic heterocycles. The number of benzene rings is 1. The van der Waals surface area contributed by atoms with Crippen molar-refractivity contribution in [2.45, 2.75) is 26.9 Å². The van der Waals surface area contributed by atoms with Crippen molar-refractivity contribution in [3.8, 4) is 11.3 Å². The standard InChI is InChI=1S/C16H17N3OS/c1-11-12(2)20-15(18-11)8-17-9-16-19-14(10-21-16)13-6-4-3-5-7-13/h3-7,10,17H,8-9H2,1-2H3. The van der Waals surface area contributed by atoms with E-state index in [1.807, 2.05) is 32.0 Å². The molecule has 0 aliphatic carbocycles. The molecule has 3 aromatic rings. The molecular weight excluding hydrogens is 282 g/mol. The maximum atomic E-state index is 5.54. The van der Waals surface area contributed by atoms with Gasteiger partial charge in [0.2, 0.25) is 5.89 Å². The molecular formula is C16H17N3OS. The minimum Gasteiger partial charge on any atom is -0.444 e. The molecule has 1 aromatic carbocycles. The van der Waals surface area contributed by atoms with Gasteiger partial charge < -0.3 is 9.73 Å². The predicted octanol–water partition coefficient (Wildman–Crippen LogP) is 3.70. The summed E-state index contributed by atoms with van der Waals surface area (Å²) in [5.74, 6) is 1.61. The summed E-state index contributed by atoms with van der Waals surface area (Å²) < 4.78 is 5.54. The van der Waals surface area contributed by atoms with Crippen LogP contribution >= 0.6 is 11.3 Å². The lowest BCUT2D eigenvalue weighted by atomic mass is 10.2. The second-order valence-electron chi connectivity index (χ2n) is 4.85. The van der Waals surface area contributed by atoms with E-state index in [-0.39, 0.29) is 0 Å². The molecule has 21 heavy (non-hydrogen) atoms. The largest absolute Gasteiger partial charge is 0.444 e. The Morgan fingerprint density at radius 2 is 1.90 bits per heavy atom. The maximum absolute atomic E-state index is 5.54. The van der Waals surface area contributed by atoms with Crippen molar-refractivity contribution in [3.05, 3.63) is 58.1 Å². The fourth-order valence-corrected chi connectivity index (χ4v) is 2.80. The fourth-order valence-electron chi connectivity index (χ4n) is 2.02. The summed E-state index contributed by atoms with van der Waals surface area (Å²) in [6.07, 6.45) is 0. The molecule has 1 N–H and O–H groups in total. The Hall–Kier alpha value is -1.98. The number of aryl methyl sites for hydroxylation is 2. The Balaban J connectivity index is 1.58. The van der Waals surface area contributed by atoms with Crippen LogP contribution in [0.4, 0.5) is 0 Å². The third-order valence-corrected chi connectivity index (χ3v) is 4.10. The quantitative estimate of drug-likeness (QED) is 0.780. The van der Waals surface area contributed by atoms with Gasteiger partial charge in [0.25, 0.3) is 0 Å². The number of rotatable bonds is 5. The van der Waals surface area contributed by atoms with E-state index in [2.05, 4.69) is 32.8 Å². The van der Waals surface area contributed by atoms with Gasteiger partial charge >= 0.3 is 0 Å². The van der Waals surface area contributed by atoms with E-state index in [9.17, 15) is 0 Å². The Morgan fingerprint density at radius 3 is 2.62 bits per heavy atom. The van der Waals surface area contributed by atoms with E-state index in [0.717, 1.165) is 40.2 Å². The molecule has 0 saturated carbocycles. The highest BCUT2D eigenvalue weighted by atomic mass is 32.1. The minimum atomic E-state index is 0.620. The number of hydrogen-bond acceptors (Lipinski definition) is 5. The SMILES string of the molecule is Cc1nc(CNCc2nc(-c3ccccc3)cs2)oc1C. The summed E-state index contributed by atoms with van der Waals surface area (Å²) in [6, 6.07) is 10.2. The first-order valence-corrected chi connectivity index (χ1v) is 7.74. The van der Waals surface area contributed by atoms with Crippen LogP contribution < -0.4 is 5.32 Å². The number of oxazole rings is 1. The maximum Gasteiger partial charge on any atom is 0.208 e. The highest BCUT2D eigenvalue weighted by Crippen LogP contribution is 2.21. The molecule has 0 spiro atoms. The highest BCUT2D eigenvalue weighted by Gasteiger charge is 2.07. The van der Waals surface area contributed by atoms with E-state index in [0.29, 0.717) is 6.54 Å². The van der Waals surface area contributed by atoms with Crippen molar-refractivity contribution in [3.63, 3.8) is 0 Å². The Labute approximate surface area is 127 Å². The third-order valence-electron chi connectivity index (χ3n) is 3.25. The van der Waals surface area contributed by atoms with Gasteiger partial charge in [0.05, 0.1) is 17.9 Å². The zero-order valence-corrected chi connectivity index (χ0v) is 12.9. The van der Waals surface area contributed by atoms with E-state index in [4.69, 9.17) is 4.42 Å². The predicted molar refractivity (Wildman–Crippen MR) is 84.1 cm³/mol. The molecule has 4 nitrogen and oxygen atoms in total. The number of hydrogen-bond donors (Lipinski definition) is 1. The monoisotopic (exact) mass is 299 g/mol. The van der Waals surface area contributed by atoms with Crippen LogP contribution in [0.2, 0.25) is 0 Å². The molecule has 0 bridgehead atoms. The molecule has 2 aromatic heterocycles. The van der Waals surface area contributed by atoms with E-state index < -0.39 is 0 Å². The number of nitrogens with zero attached hydrogens (tertiary/aromatic N) is 2. The zero-order valence-electron chi connectivity index (χ0n) is 12.1. The van der Waals surface area contributed by atoms with E-state index in [1.54, 1.807) is 11.3 Å². The van der Waals surface area contributed by atoms with E-state index >= 15 is 0 Å². The lowest BCUT2D eigenvalue weighted by Gasteiger charge is -1.98. The van der Waals surface area contributed by atoms with Gasteiger partial charge in [0.1, 0.15) is 10.8 Å². The second kappa shape index (κ2) is 6.20. The summed E-state index contributed by atoms with van der Waals surface area (Å²) in [5, 5.41) is 6.47. The topological polar surface area (TPSA) is 51.0 Å². The van der Waals surface area contributed by atoms with Crippen molar-refractivity contribution in [2.75, 3.05) is 0 Å². The van der Waals surface area contributed by atoms with Gasteiger partial charge in [-0.1, -0.05) is 30.3 Å². The average Bonchev–Trinajstić information content (AvgIpc) is 3.08. The average molecular weight is 299 g/mol. The minimum absolute atomic E-state index is 0.620. The molecule has 2 heterocycles. The smallest absolute Gasteiger partial charge is 0.208 e. The first-order valence-electron chi connectivity index (χ1n) is 6.86. The summed E-state index contributed by atoms with van der Waals surface area (Å²) in [7, 11) is 0. The van der Waals surface area contributed by atoms with Crippen LogP contribution in [0.5, 0.6) is 0 Å². The number of nitrogens with one attached hydrogen (secondary N) is 1. The van der Waals surface area contributed by atoms with Gasteiger partial charge in [0.15, 0.2) is 0 Å². The molecule has 0 aliphatic rings. The van der Waals surface area contributed by atoms with E-state index in [1.165, 1.54) is 0 Å². The first kappa shape index (κ1) is 14.0. The summed E-state index contributed by atoms with van der Waals surface area (Å²) in [4.78, 5) is 8.99. The summed E-state index contributed by atoms with van der Waals surface area (Å²) in [6.45, 7) is 5.22. The Morgan fingerprint density at radius 1 is 1.10 bits per heavy atom. The molecule has 0 fully saturated rings. The third kappa shape index (κ3) is 3.37. The van der Waals surface area contributed by atoms with Gasteiger partial charge in [-0.2, -0.15) is 0 Å². The highest BCUT2D eigenvalue weighted by molar-refractivity contribution is 7.09. The number of thiazole rings is 1. The van der Waals surface area contributed by atoms with Crippen LogP contribution in [-0.2, 0) is 13.1 Å². The Kier molecular flexibility index (Phi) is 4.13. The first-order chi connectivity index (χ1) is 10.2. The molecule has 0 amide bonds. The summed E-state index contributed by atoms with van der Waals surface area (Å²) in [5.41, 5.74) is 3.13. The molecule has 5 heteroatoms. The van der Waals surface area contributed by atoms with Crippen LogP contribution in [0, 0.1) is 13.8 Å². The number of aromatic nitrogens is 2. The van der Waals surface area contributed by atoms with Gasteiger partial charge in [-0.15, -0.1) is 11.3 Å². The van der Waals surface area contributed by atoms with Crippen molar-refractivity contribution in [1.82, 2.24) is 15.3 Å². The molecule has 108 valence electrons. The van der Waals surface area contributed by atoms with Crippen LogP contribution in [0.15, 0.2) is 40.1 Å². The molecule has 0 atom stereocenters. The van der Waals surface area contributed by atoms with Crippen LogP contribution in [0.1, 0.15) is 22.4 Å². The lowest BCUT2D eigenvalue weighted by Crippen LogP contribution is -2.12. The van der Waals surface area contributed by atoms with Gasteiger partial charge in [-0.3, -0.25) is 0 Å². The van der Waals surface area contributed by atoms with Crippen LogP contribution in [-0.4, -0.2) is 9.97 Å². The van der Waals surface area contributed by atoms with Crippen LogP contribution in [0.25, 0.3) is 11.3 Å². The van der Waals surface area contributed by atoms with Gasteiger partial charge in [-0.25, -0.2) is 9.97 Å².